The topological polar surface area (TPSA) is 60.9 Å². The fourth-order valence-corrected chi connectivity index (χ4v) is 4.56. The Labute approximate surface area is 138 Å². The molecule has 0 unspecified atom stereocenters. The molecule has 0 aliphatic heterocycles. The van der Waals surface area contributed by atoms with Crippen LogP contribution in [-0.4, -0.2) is 15.7 Å². The maximum atomic E-state index is 11.9. The molecule has 116 valence electrons. The van der Waals surface area contributed by atoms with Crippen LogP contribution < -0.4 is 5.73 Å². The summed E-state index contributed by atoms with van der Waals surface area (Å²) in [6.45, 7) is 0. The number of aryl methyl sites for hydroxylation is 2. The van der Waals surface area contributed by atoms with Crippen LogP contribution >= 0.6 is 11.3 Å². The zero-order valence-corrected chi connectivity index (χ0v) is 13.7. The van der Waals surface area contributed by atoms with E-state index >= 15 is 0 Å². The van der Waals surface area contributed by atoms with Crippen molar-refractivity contribution in [3.05, 3.63) is 63.0 Å². The van der Waals surface area contributed by atoms with Crippen molar-refractivity contribution in [1.82, 2.24) is 9.78 Å². The fraction of sp³-hybridized carbons (Fsp3) is 0.222. The normalized spacial score (nSPS) is 12.7. The van der Waals surface area contributed by atoms with Gasteiger partial charge in [-0.25, -0.2) is 0 Å². The standard InChI is InChI=1S/C18H17N3OS/c1-21-10-12-7-8-13-15(16(12)20-21)14(23-17(13)18(19)22)9-11-5-3-2-4-6-11/h2-6,10H,7-9H2,1H3,(H2,19,22). The number of primary amides is 1. The minimum absolute atomic E-state index is 0.329. The summed E-state index contributed by atoms with van der Waals surface area (Å²) in [4.78, 5) is 13.7. The number of aromatic nitrogens is 2. The predicted molar refractivity (Wildman–Crippen MR) is 91.7 cm³/mol. The average molecular weight is 323 g/mol. The summed E-state index contributed by atoms with van der Waals surface area (Å²) >= 11 is 1.53. The zero-order valence-electron chi connectivity index (χ0n) is 12.9. The molecule has 2 N–H and O–H groups in total. The zero-order chi connectivity index (χ0) is 16.0. The molecule has 0 bridgehead atoms. The summed E-state index contributed by atoms with van der Waals surface area (Å²) in [5.74, 6) is -0.329. The number of rotatable bonds is 3. The Balaban J connectivity index is 1.89. The predicted octanol–water partition coefficient (Wildman–Crippen LogP) is 2.94. The average Bonchev–Trinajstić information content (AvgIpc) is 3.08. The molecule has 23 heavy (non-hydrogen) atoms. The van der Waals surface area contributed by atoms with Crippen LogP contribution in [0.3, 0.4) is 0 Å². The second-order valence-electron chi connectivity index (χ2n) is 5.91. The van der Waals surface area contributed by atoms with Gasteiger partial charge in [0.2, 0.25) is 0 Å². The Morgan fingerprint density at radius 3 is 2.83 bits per heavy atom. The van der Waals surface area contributed by atoms with Crippen LogP contribution in [0.25, 0.3) is 11.3 Å². The van der Waals surface area contributed by atoms with E-state index in [4.69, 9.17) is 5.73 Å². The third-order valence-electron chi connectivity index (χ3n) is 4.30. The molecule has 4 rings (SSSR count). The number of nitrogens with two attached hydrogens (primary N) is 1. The van der Waals surface area contributed by atoms with Crippen LogP contribution in [0.15, 0.2) is 36.5 Å². The Bertz CT molecular complexity index is 893. The number of hydrogen-bond acceptors (Lipinski definition) is 3. The largest absolute Gasteiger partial charge is 0.365 e. The molecule has 1 aromatic carbocycles. The van der Waals surface area contributed by atoms with Gasteiger partial charge >= 0.3 is 0 Å². The lowest BCUT2D eigenvalue weighted by molar-refractivity contribution is 0.100. The van der Waals surface area contributed by atoms with Gasteiger partial charge in [0, 0.05) is 30.1 Å². The Morgan fingerprint density at radius 1 is 1.30 bits per heavy atom. The minimum atomic E-state index is -0.329. The summed E-state index contributed by atoms with van der Waals surface area (Å²) in [6, 6.07) is 10.3. The van der Waals surface area contributed by atoms with Crippen LogP contribution in [0.5, 0.6) is 0 Å². The van der Waals surface area contributed by atoms with Crippen molar-refractivity contribution in [3.8, 4) is 11.3 Å². The summed E-state index contributed by atoms with van der Waals surface area (Å²) in [5, 5.41) is 4.64. The minimum Gasteiger partial charge on any atom is -0.365 e. The van der Waals surface area contributed by atoms with Crippen molar-refractivity contribution in [1.29, 1.82) is 0 Å². The number of amides is 1. The maximum Gasteiger partial charge on any atom is 0.259 e. The van der Waals surface area contributed by atoms with Gasteiger partial charge in [0.15, 0.2) is 0 Å². The molecule has 0 saturated heterocycles. The van der Waals surface area contributed by atoms with Gasteiger partial charge in [0.05, 0.1) is 10.6 Å². The van der Waals surface area contributed by atoms with E-state index in [0.29, 0.717) is 4.88 Å². The smallest absolute Gasteiger partial charge is 0.259 e. The quantitative estimate of drug-likeness (QED) is 0.805. The molecule has 2 heterocycles. The molecule has 0 atom stereocenters. The highest BCUT2D eigenvalue weighted by atomic mass is 32.1. The van der Waals surface area contributed by atoms with E-state index in [1.54, 1.807) is 0 Å². The van der Waals surface area contributed by atoms with Crippen LogP contribution in [-0.2, 0) is 26.3 Å². The first-order valence-corrected chi connectivity index (χ1v) is 8.46. The summed E-state index contributed by atoms with van der Waals surface area (Å²) in [6.07, 6.45) is 4.65. The van der Waals surface area contributed by atoms with Crippen LogP contribution in [0.1, 0.15) is 31.2 Å². The van der Waals surface area contributed by atoms with Crippen LogP contribution in [0, 0.1) is 0 Å². The third kappa shape index (κ3) is 2.37. The highest BCUT2D eigenvalue weighted by Gasteiger charge is 2.29. The van der Waals surface area contributed by atoms with Crippen molar-refractivity contribution in [2.24, 2.45) is 12.8 Å². The van der Waals surface area contributed by atoms with Gasteiger partial charge < -0.3 is 5.73 Å². The summed E-state index contributed by atoms with van der Waals surface area (Å²) < 4.78 is 1.85. The first-order valence-electron chi connectivity index (χ1n) is 7.64. The lowest BCUT2D eigenvalue weighted by Gasteiger charge is -2.13. The SMILES string of the molecule is Cn1cc2c(n1)-c1c(Cc3ccccc3)sc(C(N)=O)c1CC2. The monoisotopic (exact) mass is 323 g/mol. The molecular weight excluding hydrogens is 306 g/mol. The molecule has 0 fully saturated rings. The number of thiophene rings is 1. The second-order valence-corrected chi connectivity index (χ2v) is 7.02. The van der Waals surface area contributed by atoms with E-state index in [1.807, 2.05) is 29.9 Å². The van der Waals surface area contributed by atoms with Gasteiger partial charge in [0.1, 0.15) is 0 Å². The molecule has 2 aromatic heterocycles. The summed E-state index contributed by atoms with van der Waals surface area (Å²) in [7, 11) is 1.94. The first-order chi connectivity index (χ1) is 11.1. The first kappa shape index (κ1) is 14.2. The van der Waals surface area contributed by atoms with Gasteiger partial charge in [0.25, 0.3) is 5.91 Å². The van der Waals surface area contributed by atoms with Gasteiger partial charge in [-0.05, 0) is 29.5 Å². The highest BCUT2D eigenvalue weighted by Crippen LogP contribution is 2.42. The molecule has 4 nitrogen and oxygen atoms in total. The van der Waals surface area contributed by atoms with E-state index in [1.165, 1.54) is 27.3 Å². The maximum absolute atomic E-state index is 11.9. The van der Waals surface area contributed by atoms with E-state index < -0.39 is 0 Å². The number of carbonyl (C=O) groups is 1. The molecular formula is C18H17N3OS. The number of benzene rings is 1. The molecule has 1 aliphatic carbocycles. The Morgan fingerprint density at radius 2 is 2.09 bits per heavy atom. The van der Waals surface area contributed by atoms with E-state index in [2.05, 4.69) is 23.4 Å². The molecule has 3 aromatic rings. The Hall–Kier alpha value is -2.40. The molecule has 0 radical (unpaired) electrons. The van der Waals surface area contributed by atoms with Crippen molar-refractivity contribution < 1.29 is 4.79 Å². The number of fused-ring (bicyclic) bond motifs is 3. The molecule has 0 spiro atoms. The summed E-state index contributed by atoms with van der Waals surface area (Å²) in [5.41, 5.74) is 11.3. The Kier molecular flexibility index (Phi) is 3.31. The van der Waals surface area contributed by atoms with E-state index in [9.17, 15) is 4.79 Å². The van der Waals surface area contributed by atoms with Gasteiger partial charge in [-0.3, -0.25) is 9.48 Å². The highest BCUT2D eigenvalue weighted by molar-refractivity contribution is 7.14. The second kappa shape index (κ2) is 5.35. The molecule has 1 aliphatic rings. The molecule has 1 amide bonds. The van der Waals surface area contributed by atoms with Crippen molar-refractivity contribution in [2.75, 3.05) is 0 Å². The number of nitrogens with zero attached hydrogens (tertiary/aromatic N) is 2. The van der Waals surface area contributed by atoms with E-state index in [0.717, 1.165) is 36.1 Å². The molecule has 5 heteroatoms. The fourth-order valence-electron chi connectivity index (χ4n) is 3.33. The lowest BCUT2D eigenvalue weighted by atomic mass is 9.89. The van der Waals surface area contributed by atoms with E-state index in [-0.39, 0.29) is 5.91 Å². The van der Waals surface area contributed by atoms with Gasteiger partial charge in [-0.1, -0.05) is 30.3 Å². The van der Waals surface area contributed by atoms with Crippen molar-refractivity contribution in [3.63, 3.8) is 0 Å². The number of hydrogen-bond donors (Lipinski definition) is 1. The van der Waals surface area contributed by atoms with Crippen molar-refractivity contribution in [2.45, 2.75) is 19.3 Å². The van der Waals surface area contributed by atoms with Crippen molar-refractivity contribution >= 4 is 17.2 Å². The lowest BCUT2D eigenvalue weighted by Crippen LogP contribution is -2.13. The van der Waals surface area contributed by atoms with Crippen LogP contribution in [0.4, 0.5) is 0 Å². The third-order valence-corrected chi connectivity index (χ3v) is 5.54. The molecule has 0 saturated carbocycles. The van der Waals surface area contributed by atoms with Gasteiger partial charge in [-0.15, -0.1) is 11.3 Å². The van der Waals surface area contributed by atoms with Gasteiger partial charge in [-0.2, -0.15) is 5.10 Å². The van der Waals surface area contributed by atoms with Crippen LogP contribution in [0.2, 0.25) is 0 Å². The number of carbonyl (C=O) groups excluding carboxylic acids is 1.